The van der Waals surface area contributed by atoms with Gasteiger partial charge in [0.05, 0.1) is 0 Å². The molecule has 1 aromatic rings. The number of halogens is 2. The van der Waals surface area contributed by atoms with Crippen molar-refractivity contribution in [2.24, 2.45) is 0 Å². The lowest BCUT2D eigenvalue weighted by Gasteiger charge is -2.03. The fraction of sp³-hybridized carbons (Fsp3) is 0.100. The first-order valence-corrected chi connectivity index (χ1v) is 5.26. The van der Waals surface area contributed by atoms with Crippen molar-refractivity contribution >= 4 is 37.6 Å². The Labute approximate surface area is 94.1 Å². The van der Waals surface area contributed by atoms with Crippen LogP contribution in [0.1, 0.15) is 17.3 Å². The third kappa shape index (κ3) is 2.51. The molecule has 0 unspecified atom stereocenters. The van der Waals surface area contributed by atoms with Crippen LogP contribution in [0.5, 0.6) is 0 Å². The molecule has 13 heavy (non-hydrogen) atoms. The van der Waals surface area contributed by atoms with Crippen molar-refractivity contribution in [3.8, 4) is 0 Å². The van der Waals surface area contributed by atoms with E-state index in [4.69, 9.17) is 0 Å². The van der Waals surface area contributed by atoms with Crippen LogP contribution in [-0.2, 0) is 0 Å². The first-order valence-electron chi connectivity index (χ1n) is 3.67. The summed E-state index contributed by atoms with van der Waals surface area (Å²) < 4.78 is 1.68. The van der Waals surface area contributed by atoms with Crippen molar-refractivity contribution in [3.05, 3.63) is 44.9 Å². The van der Waals surface area contributed by atoms with Crippen molar-refractivity contribution < 1.29 is 4.79 Å². The highest BCUT2D eigenvalue weighted by atomic mass is 79.9. The van der Waals surface area contributed by atoms with E-state index in [-0.39, 0.29) is 5.78 Å². The molecule has 0 aliphatic carbocycles. The molecule has 0 aliphatic rings. The largest absolute Gasteiger partial charge is 0.289 e. The molecular formula is C10H8Br2O. The lowest BCUT2D eigenvalue weighted by molar-refractivity contribution is 0.103. The summed E-state index contributed by atoms with van der Waals surface area (Å²) >= 11 is 6.63. The fourth-order valence-electron chi connectivity index (χ4n) is 0.901. The molecular weight excluding hydrogens is 296 g/mol. The molecule has 0 saturated carbocycles. The first kappa shape index (κ1) is 10.7. The molecule has 0 bridgehead atoms. The smallest absolute Gasteiger partial charge is 0.189 e. The molecule has 3 heteroatoms. The molecule has 0 heterocycles. The van der Waals surface area contributed by atoms with Crippen molar-refractivity contribution in [2.45, 2.75) is 6.92 Å². The van der Waals surface area contributed by atoms with Gasteiger partial charge in [-0.2, -0.15) is 0 Å². The maximum Gasteiger partial charge on any atom is 0.189 e. The van der Waals surface area contributed by atoms with Gasteiger partial charge in [0.1, 0.15) is 0 Å². The van der Waals surface area contributed by atoms with Gasteiger partial charge in [-0.3, -0.25) is 4.79 Å². The highest BCUT2D eigenvalue weighted by Gasteiger charge is 2.10. The summed E-state index contributed by atoms with van der Waals surface area (Å²) in [6, 6.07) is 5.49. The quantitative estimate of drug-likeness (QED) is 0.597. The second kappa shape index (κ2) is 4.20. The topological polar surface area (TPSA) is 17.1 Å². The number of carbonyl (C=O) groups excluding carboxylic acids is 1. The second-order valence-corrected chi connectivity index (χ2v) is 4.50. The van der Waals surface area contributed by atoms with Gasteiger partial charge in [-0.25, -0.2) is 0 Å². The molecule has 1 rings (SSSR count). The van der Waals surface area contributed by atoms with Crippen molar-refractivity contribution in [3.63, 3.8) is 0 Å². The monoisotopic (exact) mass is 302 g/mol. The predicted molar refractivity (Wildman–Crippen MR) is 61.0 cm³/mol. The third-order valence-corrected chi connectivity index (χ3v) is 2.75. The van der Waals surface area contributed by atoms with E-state index in [9.17, 15) is 4.79 Å². The summed E-state index contributed by atoms with van der Waals surface area (Å²) in [6.07, 6.45) is 0. The van der Waals surface area contributed by atoms with Gasteiger partial charge in [0, 0.05) is 14.5 Å². The van der Waals surface area contributed by atoms with Gasteiger partial charge in [-0.1, -0.05) is 38.4 Å². The lowest BCUT2D eigenvalue weighted by atomic mass is 10.1. The van der Waals surface area contributed by atoms with Crippen LogP contribution < -0.4 is 0 Å². The van der Waals surface area contributed by atoms with Crippen LogP contribution >= 0.6 is 31.9 Å². The molecule has 0 radical (unpaired) electrons. The van der Waals surface area contributed by atoms with Crippen LogP contribution in [0.3, 0.4) is 0 Å². The van der Waals surface area contributed by atoms with Crippen LogP contribution in [0.25, 0.3) is 0 Å². The summed E-state index contributed by atoms with van der Waals surface area (Å²) in [5.41, 5.74) is 1.18. The minimum Gasteiger partial charge on any atom is -0.289 e. The Kier molecular flexibility index (Phi) is 3.45. The predicted octanol–water partition coefficient (Wildman–Crippen LogP) is 3.97. The normalized spacial score (nSPS) is 9.77. The fourth-order valence-corrected chi connectivity index (χ4v) is 1.69. The second-order valence-electron chi connectivity index (χ2n) is 2.73. The Morgan fingerprint density at radius 1 is 1.38 bits per heavy atom. The van der Waals surface area contributed by atoms with Gasteiger partial charge in [0.2, 0.25) is 0 Å². The molecule has 1 aromatic carbocycles. The highest BCUT2D eigenvalue weighted by Crippen LogP contribution is 2.23. The minimum atomic E-state index is -0.0341. The standard InChI is InChI=1S/C10H8Br2O/c1-6(2)10(13)8-5-7(11)3-4-9(8)12/h3-5H,1H2,2H3. The van der Waals surface area contributed by atoms with E-state index in [1.165, 1.54) is 0 Å². The van der Waals surface area contributed by atoms with Crippen LogP contribution in [0.2, 0.25) is 0 Å². The summed E-state index contributed by atoms with van der Waals surface area (Å²) in [5, 5.41) is 0. The Morgan fingerprint density at radius 2 is 2.00 bits per heavy atom. The average Bonchev–Trinajstić information content (AvgIpc) is 2.08. The molecule has 0 aromatic heterocycles. The molecule has 0 spiro atoms. The molecule has 0 amide bonds. The zero-order chi connectivity index (χ0) is 10.0. The Balaban J connectivity index is 3.21. The van der Waals surface area contributed by atoms with E-state index >= 15 is 0 Å². The van der Waals surface area contributed by atoms with Gasteiger partial charge in [-0.15, -0.1) is 0 Å². The van der Waals surface area contributed by atoms with E-state index in [2.05, 4.69) is 38.4 Å². The first-order chi connectivity index (χ1) is 6.02. The molecule has 1 nitrogen and oxygen atoms in total. The molecule has 68 valence electrons. The number of carbonyl (C=O) groups is 1. The number of allylic oxidation sites excluding steroid dienone is 1. The number of benzene rings is 1. The highest BCUT2D eigenvalue weighted by molar-refractivity contribution is 9.11. The van der Waals surface area contributed by atoms with E-state index < -0.39 is 0 Å². The van der Waals surface area contributed by atoms with Gasteiger partial charge >= 0.3 is 0 Å². The maximum absolute atomic E-state index is 11.6. The van der Waals surface area contributed by atoms with Gasteiger partial charge in [0.25, 0.3) is 0 Å². The molecule has 0 aliphatic heterocycles. The van der Waals surface area contributed by atoms with Crippen molar-refractivity contribution in [1.82, 2.24) is 0 Å². The van der Waals surface area contributed by atoms with Crippen LogP contribution in [0, 0.1) is 0 Å². The van der Waals surface area contributed by atoms with Gasteiger partial charge in [0.15, 0.2) is 5.78 Å². The zero-order valence-corrected chi connectivity index (χ0v) is 10.3. The van der Waals surface area contributed by atoms with E-state index in [1.807, 2.05) is 12.1 Å². The van der Waals surface area contributed by atoms with Gasteiger partial charge < -0.3 is 0 Å². The lowest BCUT2D eigenvalue weighted by Crippen LogP contribution is -2.00. The van der Waals surface area contributed by atoms with Crippen molar-refractivity contribution in [2.75, 3.05) is 0 Å². The van der Waals surface area contributed by atoms with E-state index in [1.54, 1.807) is 13.0 Å². The van der Waals surface area contributed by atoms with E-state index in [0.717, 1.165) is 8.95 Å². The van der Waals surface area contributed by atoms with Crippen LogP contribution in [-0.4, -0.2) is 5.78 Å². The molecule has 0 atom stereocenters. The third-order valence-electron chi connectivity index (χ3n) is 1.56. The van der Waals surface area contributed by atoms with Crippen molar-refractivity contribution in [1.29, 1.82) is 0 Å². The summed E-state index contributed by atoms with van der Waals surface area (Å²) in [4.78, 5) is 11.6. The van der Waals surface area contributed by atoms with E-state index in [0.29, 0.717) is 11.1 Å². The summed E-state index contributed by atoms with van der Waals surface area (Å²) in [6.45, 7) is 5.32. The average molecular weight is 304 g/mol. The minimum absolute atomic E-state index is 0.0341. The Bertz CT molecular complexity index is 369. The molecule has 0 saturated heterocycles. The number of rotatable bonds is 2. The zero-order valence-electron chi connectivity index (χ0n) is 7.10. The number of hydrogen-bond acceptors (Lipinski definition) is 1. The summed E-state index contributed by atoms with van der Waals surface area (Å²) in [5.74, 6) is -0.0341. The summed E-state index contributed by atoms with van der Waals surface area (Å²) in [7, 11) is 0. The number of Topliss-reactive ketones (excluding diaryl/α,β-unsaturated/α-hetero) is 1. The molecule has 0 N–H and O–H groups in total. The van der Waals surface area contributed by atoms with Crippen LogP contribution in [0.15, 0.2) is 39.3 Å². The maximum atomic E-state index is 11.6. The Hall–Kier alpha value is -0.410. The van der Waals surface area contributed by atoms with Gasteiger partial charge in [-0.05, 0) is 30.7 Å². The van der Waals surface area contributed by atoms with Crippen LogP contribution in [0.4, 0.5) is 0 Å². The Morgan fingerprint density at radius 3 is 2.54 bits per heavy atom. The number of ketones is 1. The number of hydrogen-bond donors (Lipinski definition) is 0. The molecule has 0 fully saturated rings. The SMILES string of the molecule is C=C(C)C(=O)c1cc(Br)ccc1Br.